The molecule has 0 aliphatic heterocycles. The van der Waals surface area contributed by atoms with Crippen molar-refractivity contribution in [3.8, 4) is 0 Å². The molecule has 2 heterocycles. The van der Waals surface area contributed by atoms with Gasteiger partial charge in [-0.25, -0.2) is 9.97 Å². The Hall–Kier alpha value is -0.200. The molecule has 118 valence electrons. The summed E-state index contributed by atoms with van der Waals surface area (Å²) in [5.74, 6) is 0. The summed E-state index contributed by atoms with van der Waals surface area (Å²) < 4.78 is 16.7. The van der Waals surface area contributed by atoms with Gasteiger partial charge >= 0.3 is 59.1 Å². The minimum atomic E-state index is -5.01. The van der Waals surface area contributed by atoms with E-state index in [4.69, 9.17) is 4.74 Å². The number of nitrogens with one attached hydrogen (secondary N) is 1. The molecule has 0 spiro atoms. The molecule has 1 N–H and O–H groups in total. The zero-order valence-electron chi connectivity index (χ0n) is 12.8. The smallest absolute Gasteiger partial charge is 0.811 e. The van der Waals surface area contributed by atoms with Crippen LogP contribution in [0.5, 0.6) is 0 Å². The van der Waals surface area contributed by atoms with Crippen molar-refractivity contribution in [1.82, 2.24) is 19.5 Å². The summed E-state index contributed by atoms with van der Waals surface area (Å²) in [6, 6.07) is 0. The predicted molar refractivity (Wildman–Crippen MR) is 66.7 cm³/mol. The van der Waals surface area contributed by atoms with Crippen molar-refractivity contribution in [2.24, 2.45) is 0 Å². The molecule has 0 fully saturated rings. The van der Waals surface area contributed by atoms with Crippen LogP contribution in [-0.4, -0.2) is 44.4 Å². The van der Waals surface area contributed by atoms with Crippen LogP contribution in [0.25, 0.3) is 11.2 Å². The maximum atomic E-state index is 11.5. The van der Waals surface area contributed by atoms with E-state index in [1.165, 1.54) is 0 Å². The fourth-order valence-electron chi connectivity index (χ4n) is 1.73. The zero-order chi connectivity index (χ0) is 16.3. The van der Waals surface area contributed by atoms with E-state index in [0.29, 0.717) is 0 Å². The summed E-state index contributed by atoms with van der Waals surface area (Å²) in [7, 11) is -5.01. The van der Waals surface area contributed by atoms with Gasteiger partial charge < -0.3 is 28.9 Å². The van der Waals surface area contributed by atoms with Gasteiger partial charge in [-0.3, -0.25) is 14.2 Å². The first kappa shape index (κ1) is 23.8. The van der Waals surface area contributed by atoms with Gasteiger partial charge in [0.25, 0.3) is 5.56 Å². The molecule has 0 aliphatic carbocycles. The Labute approximate surface area is 178 Å². The van der Waals surface area contributed by atoms with Crippen LogP contribution in [0.1, 0.15) is 6.23 Å². The van der Waals surface area contributed by atoms with Gasteiger partial charge in [0.2, 0.25) is 0 Å². The number of carbonyl (C=O) groups is 2. The molecule has 0 saturated carbocycles. The second-order valence-electron chi connectivity index (χ2n) is 4.19. The number of H-pyrrole nitrogens is 1. The topological polar surface area (TPSA) is 170 Å². The molecule has 0 radical (unpaired) electrons. The Morgan fingerprint density at radius 1 is 1.29 bits per heavy atom. The van der Waals surface area contributed by atoms with E-state index in [0.717, 1.165) is 17.2 Å². The molecule has 24 heavy (non-hydrogen) atoms. The normalized spacial score (nSPS) is 13.4. The Balaban J connectivity index is 0.00000264. The summed E-state index contributed by atoms with van der Waals surface area (Å²) in [5, 5.41) is 0. The number of imidazole rings is 1. The number of ether oxygens (including phenoxy) is 1. The van der Waals surface area contributed by atoms with E-state index in [1.807, 2.05) is 0 Å². The third kappa shape index (κ3) is 5.95. The second-order valence-corrected chi connectivity index (χ2v) is 5.77. The van der Waals surface area contributed by atoms with Crippen molar-refractivity contribution in [1.29, 1.82) is 0 Å². The molecule has 0 aliphatic rings. The molecule has 11 nitrogen and oxygen atoms in total. The van der Waals surface area contributed by atoms with Crippen LogP contribution in [0.4, 0.5) is 0 Å². The summed E-state index contributed by atoms with van der Waals surface area (Å²) in [4.78, 5) is 64.6. The molecule has 0 saturated heterocycles. The number of aromatic amines is 1. The molecular formula is C10H9N4Na2O7P. The van der Waals surface area contributed by atoms with Crippen LogP contribution in [0, 0.1) is 0 Å². The van der Waals surface area contributed by atoms with Gasteiger partial charge in [-0.2, -0.15) is 0 Å². The number of rotatable bonds is 7. The fraction of sp³-hybridized carbons (Fsp3) is 0.300. The first-order valence-corrected chi connectivity index (χ1v) is 7.56. The molecule has 0 bridgehead atoms. The van der Waals surface area contributed by atoms with Crippen molar-refractivity contribution in [3.63, 3.8) is 0 Å². The Bertz CT molecular complexity index is 804. The molecule has 0 amide bonds. The number of carbonyl (C=O) groups excluding carboxylic acids is 2. The first-order chi connectivity index (χ1) is 10.4. The second kappa shape index (κ2) is 10.1. The summed E-state index contributed by atoms with van der Waals surface area (Å²) in [6.07, 6.45) is -1.70. The largest absolute Gasteiger partial charge is 1.00 e. The van der Waals surface area contributed by atoms with Gasteiger partial charge in [0, 0.05) is 6.16 Å². The van der Waals surface area contributed by atoms with Gasteiger partial charge in [-0.15, -0.1) is 0 Å². The number of hydrogen-bond acceptors (Lipinski definition) is 9. The van der Waals surface area contributed by atoms with Crippen LogP contribution in [0.15, 0.2) is 17.4 Å². The Morgan fingerprint density at radius 3 is 2.50 bits per heavy atom. The third-order valence-corrected chi connectivity index (χ3v) is 3.43. The number of aldehydes is 2. The van der Waals surface area contributed by atoms with Crippen molar-refractivity contribution < 1.29 is 87.8 Å². The molecule has 2 aromatic rings. The molecule has 2 unspecified atom stereocenters. The average molecular weight is 374 g/mol. The molecule has 0 aromatic carbocycles. The first-order valence-electron chi connectivity index (χ1n) is 5.83. The van der Waals surface area contributed by atoms with Crippen LogP contribution < -0.4 is 74.5 Å². The monoisotopic (exact) mass is 374 g/mol. The minimum absolute atomic E-state index is 0. The van der Waals surface area contributed by atoms with E-state index in [1.54, 1.807) is 0 Å². The van der Waals surface area contributed by atoms with Gasteiger partial charge in [-0.05, 0) is 0 Å². The number of fused-ring (bicyclic) bond motifs is 1. The van der Waals surface area contributed by atoms with E-state index in [9.17, 15) is 28.7 Å². The Kier molecular flexibility index (Phi) is 9.99. The number of aromatic nitrogens is 4. The van der Waals surface area contributed by atoms with Crippen molar-refractivity contribution in [3.05, 3.63) is 23.0 Å². The van der Waals surface area contributed by atoms with Crippen LogP contribution in [-0.2, 0) is 18.9 Å². The third-order valence-electron chi connectivity index (χ3n) is 2.63. The number of nitrogens with zero attached hydrogens (tertiary/aromatic N) is 3. The quantitative estimate of drug-likeness (QED) is 0.281. The zero-order valence-corrected chi connectivity index (χ0v) is 17.7. The van der Waals surface area contributed by atoms with E-state index in [-0.39, 0.29) is 82.9 Å². The maximum Gasteiger partial charge on any atom is 1.00 e. The summed E-state index contributed by atoms with van der Waals surface area (Å²) >= 11 is 0. The van der Waals surface area contributed by atoms with Crippen molar-refractivity contribution in [2.75, 3.05) is 6.16 Å². The van der Waals surface area contributed by atoms with Gasteiger partial charge in [-0.1, -0.05) is 7.60 Å². The summed E-state index contributed by atoms with van der Waals surface area (Å²) in [5.41, 5.74) is -0.624. The van der Waals surface area contributed by atoms with Crippen LogP contribution in [0.3, 0.4) is 0 Å². The van der Waals surface area contributed by atoms with Crippen molar-refractivity contribution >= 4 is 31.3 Å². The SMILES string of the molecule is O=CC(CP(=O)([O-])[O-])OC(C=O)n1cnc2c(=O)[nH]cnc21.[Na+].[Na+]. The molecule has 2 atom stereocenters. The van der Waals surface area contributed by atoms with E-state index < -0.39 is 31.6 Å². The van der Waals surface area contributed by atoms with Gasteiger partial charge in [0.05, 0.1) is 12.7 Å². The van der Waals surface area contributed by atoms with E-state index in [2.05, 4.69) is 15.0 Å². The fourth-order valence-corrected chi connectivity index (χ4v) is 2.34. The maximum absolute atomic E-state index is 11.5. The summed E-state index contributed by atoms with van der Waals surface area (Å²) in [6.45, 7) is 0. The van der Waals surface area contributed by atoms with Gasteiger partial charge in [0.15, 0.2) is 23.7 Å². The minimum Gasteiger partial charge on any atom is -0.811 e. The molecular weight excluding hydrogens is 365 g/mol. The molecule has 2 rings (SSSR count). The molecule has 14 heteroatoms. The van der Waals surface area contributed by atoms with Gasteiger partial charge in [0.1, 0.15) is 12.4 Å². The van der Waals surface area contributed by atoms with Crippen LogP contribution in [0.2, 0.25) is 0 Å². The average Bonchev–Trinajstić information content (AvgIpc) is 2.87. The Morgan fingerprint density at radius 2 is 1.96 bits per heavy atom. The standard InChI is InChI=1S/C10H11N4O7P.2Na/c15-1-6(3-22(18,19)20)21-7(2-16)14-5-13-8-9(14)11-4-12-10(8)17;;/h1-2,4-7H,3H2,(H,11,12,17)(H2,18,19,20);;/q;2*+1/p-2. The van der Waals surface area contributed by atoms with Crippen LogP contribution >= 0.6 is 7.60 Å². The van der Waals surface area contributed by atoms with Crippen molar-refractivity contribution in [2.45, 2.75) is 12.3 Å². The molecule has 2 aromatic heterocycles. The predicted octanol–water partition coefficient (Wildman–Crippen LogP) is -8.68. The van der Waals surface area contributed by atoms with E-state index >= 15 is 0 Å². The number of hydrogen-bond donors (Lipinski definition) is 1.